The normalized spacial score (nSPS) is 24.4. The maximum absolute atomic E-state index is 12.1. The van der Waals surface area contributed by atoms with Gasteiger partial charge in [0.1, 0.15) is 0 Å². The Morgan fingerprint density at radius 1 is 1.40 bits per heavy atom. The third-order valence-corrected chi connectivity index (χ3v) is 4.50. The smallest absolute Gasteiger partial charge is 0.237 e. The average molecular weight is 305 g/mol. The minimum absolute atomic E-state index is 0.0495. The second kappa shape index (κ2) is 6.87. The van der Waals surface area contributed by atoms with E-state index in [1.54, 1.807) is 13.8 Å². The van der Waals surface area contributed by atoms with Crippen LogP contribution in [0.15, 0.2) is 0 Å². The summed E-state index contributed by atoms with van der Waals surface area (Å²) in [6.07, 6.45) is 4.17. The molecule has 0 saturated carbocycles. The lowest BCUT2D eigenvalue weighted by Gasteiger charge is -2.31. The van der Waals surface area contributed by atoms with Gasteiger partial charge in [0.25, 0.3) is 0 Å². The number of hydrogen-bond donors (Lipinski definition) is 3. The first-order valence-electron chi connectivity index (χ1n) is 7.13. The summed E-state index contributed by atoms with van der Waals surface area (Å²) >= 11 is 0. The molecule has 0 spiro atoms. The van der Waals surface area contributed by atoms with E-state index in [9.17, 15) is 13.2 Å². The Hall–Kier alpha value is -0.660. The first-order chi connectivity index (χ1) is 9.13. The third kappa shape index (κ3) is 6.19. The van der Waals surface area contributed by atoms with Crippen LogP contribution in [0.3, 0.4) is 0 Å². The molecule has 20 heavy (non-hydrogen) atoms. The van der Waals surface area contributed by atoms with Crippen molar-refractivity contribution in [2.24, 2.45) is 5.92 Å². The third-order valence-electron chi connectivity index (χ3n) is 3.57. The van der Waals surface area contributed by atoms with Gasteiger partial charge in [-0.3, -0.25) is 4.79 Å². The van der Waals surface area contributed by atoms with E-state index in [1.165, 1.54) is 0 Å². The molecule has 1 saturated heterocycles. The highest BCUT2D eigenvalue weighted by atomic mass is 32.2. The van der Waals surface area contributed by atoms with Crippen LogP contribution in [0.25, 0.3) is 0 Å². The molecular formula is C13H27N3O3S. The number of hydrogen-bond acceptors (Lipinski definition) is 4. The molecule has 1 amide bonds. The summed E-state index contributed by atoms with van der Waals surface area (Å²) in [5.41, 5.74) is -0.692. The van der Waals surface area contributed by atoms with Crippen molar-refractivity contribution in [3.05, 3.63) is 0 Å². The average Bonchev–Trinajstić information content (AvgIpc) is 2.33. The molecule has 1 fully saturated rings. The number of piperidine rings is 1. The predicted molar refractivity (Wildman–Crippen MR) is 79.9 cm³/mol. The van der Waals surface area contributed by atoms with Crippen LogP contribution in [0.5, 0.6) is 0 Å². The van der Waals surface area contributed by atoms with Crippen LogP contribution in [0.2, 0.25) is 0 Å². The van der Waals surface area contributed by atoms with Gasteiger partial charge in [0.05, 0.1) is 12.3 Å². The Morgan fingerprint density at radius 3 is 2.60 bits per heavy atom. The fraction of sp³-hybridized carbons (Fsp3) is 0.923. The highest BCUT2D eigenvalue weighted by Gasteiger charge is 2.28. The highest BCUT2D eigenvalue weighted by Crippen LogP contribution is 2.19. The summed E-state index contributed by atoms with van der Waals surface area (Å²) in [5.74, 6) is 0.542. The van der Waals surface area contributed by atoms with E-state index in [0.717, 1.165) is 32.1 Å². The van der Waals surface area contributed by atoms with Crippen molar-refractivity contribution in [3.63, 3.8) is 0 Å². The second-order valence-corrected chi connectivity index (χ2v) is 8.03. The number of amides is 1. The molecule has 0 aromatic heterocycles. The summed E-state index contributed by atoms with van der Waals surface area (Å²) in [7, 11) is -3.28. The fourth-order valence-electron chi connectivity index (χ4n) is 2.54. The molecule has 2 unspecified atom stereocenters. The molecule has 118 valence electrons. The Labute approximate surface area is 122 Å². The lowest BCUT2D eigenvalue weighted by molar-refractivity contribution is -0.124. The van der Waals surface area contributed by atoms with Crippen LogP contribution in [0.1, 0.15) is 40.0 Å². The Kier molecular flexibility index (Phi) is 5.97. The van der Waals surface area contributed by atoms with Gasteiger partial charge in [-0.25, -0.2) is 13.1 Å². The Bertz CT molecular complexity index is 434. The molecule has 0 bridgehead atoms. The quantitative estimate of drug-likeness (QED) is 0.654. The fourth-order valence-corrected chi connectivity index (χ4v) is 3.61. The summed E-state index contributed by atoms with van der Waals surface area (Å²) in [6.45, 7) is 6.77. The van der Waals surface area contributed by atoms with E-state index < -0.39 is 15.6 Å². The standard InChI is InChI=1S/C13H27N3O3S/c1-5-10-6-7-14-11(8-10)12(17)15-9-13(2,3)16-20(4,18)19/h10-11,14,16H,5-9H2,1-4H3,(H,15,17). The molecular weight excluding hydrogens is 278 g/mol. The van der Waals surface area contributed by atoms with E-state index >= 15 is 0 Å². The van der Waals surface area contributed by atoms with Gasteiger partial charge >= 0.3 is 0 Å². The summed E-state index contributed by atoms with van der Waals surface area (Å²) in [4.78, 5) is 12.1. The largest absolute Gasteiger partial charge is 0.353 e. The van der Waals surface area contributed by atoms with Crippen molar-refractivity contribution in [1.29, 1.82) is 0 Å². The van der Waals surface area contributed by atoms with Crippen LogP contribution in [0, 0.1) is 5.92 Å². The van der Waals surface area contributed by atoms with Gasteiger partial charge in [-0.1, -0.05) is 13.3 Å². The van der Waals surface area contributed by atoms with E-state index in [4.69, 9.17) is 0 Å². The summed E-state index contributed by atoms with van der Waals surface area (Å²) in [6, 6.07) is -0.164. The van der Waals surface area contributed by atoms with Gasteiger partial charge in [-0.05, 0) is 39.2 Å². The second-order valence-electron chi connectivity index (χ2n) is 6.28. The molecule has 1 aliphatic heterocycles. The maximum atomic E-state index is 12.1. The van der Waals surface area contributed by atoms with Gasteiger partial charge < -0.3 is 10.6 Å². The molecule has 1 aliphatic rings. The van der Waals surface area contributed by atoms with Crippen molar-refractivity contribution in [2.75, 3.05) is 19.3 Å². The van der Waals surface area contributed by atoms with Gasteiger partial charge in [0.15, 0.2) is 0 Å². The monoisotopic (exact) mass is 305 g/mol. The number of carbonyl (C=O) groups excluding carboxylic acids is 1. The molecule has 1 heterocycles. The predicted octanol–water partition coefficient (Wildman–Crippen LogP) is 0.209. The highest BCUT2D eigenvalue weighted by molar-refractivity contribution is 7.88. The van der Waals surface area contributed by atoms with Crippen molar-refractivity contribution >= 4 is 15.9 Å². The molecule has 6 nitrogen and oxygen atoms in total. The van der Waals surface area contributed by atoms with E-state index in [1.807, 2.05) is 0 Å². The van der Waals surface area contributed by atoms with Gasteiger partial charge in [0, 0.05) is 12.1 Å². The van der Waals surface area contributed by atoms with Crippen molar-refractivity contribution in [3.8, 4) is 0 Å². The molecule has 3 N–H and O–H groups in total. The molecule has 2 atom stereocenters. The lowest BCUT2D eigenvalue weighted by Crippen LogP contribution is -2.55. The van der Waals surface area contributed by atoms with Crippen LogP contribution in [0.4, 0.5) is 0 Å². The lowest BCUT2D eigenvalue weighted by atomic mass is 9.90. The molecule has 0 aromatic carbocycles. The molecule has 0 aromatic rings. The molecule has 7 heteroatoms. The van der Waals surface area contributed by atoms with Gasteiger partial charge in [-0.15, -0.1) is 0 Å². The zero-order valence-corrected chi connectivity index (χ0v) is 13.6. The van der Waals surface area contributed by atoms with E-state index in [2.05, 4.69) is 22.3 Å². The SMILES string of the molecule is CCC1CCNC(C(=O)NCC(C)(C)NS(C)(=O)=O)C1. The van der Waals surface area contributed by atoms with Gasteiger partial charge in [-0.2, -0.15) is 0 Å². The minimum Gasteiger partial charge on any atom is -0.353 e. The topological polar surface area (TPSA) is 87.3 Å². The minimum atomic E-state index is -3.28. The number of nitrogens with one attached hydrogen (secondary N) is 3. The molecule has 1 rings (SSSR count). The Balaban J connectivity index is 2.46. The zero-order valence-electron chi connectivity index (χ0n) is 12.8. The van der Waals surface area contributed by atoms with Crippen molar-refractivity contribution < 1.29 is 13.2 Å². The summed E-state index contributed by atoms with van der Waals surface area (Å²) < 4.78 is 25.0. The van der Waals surface area contributed by atoms with Crippen LogP contribution in [-0.4, -0.2) is 45.3 Å². The number of rotatable bonds is 6. The van der Waals surface area contributed by atoms with Crippen LogP contribution in [-0.2, 0) is 14.8 Å². The number of sulfonamides is 1. The van der Waals surface area contributed by atoms with E-state index in [-0.39, 0.29) is 18.5 Å². The van der Waals surface area contributed by atoms with Crippen LogP contribution >= 0.6 is 0 Å². The summed E-state index contributed by atoms with van der Waals surface area (Å²) in [5, 5.41) is 6.05. The number of carbonyl (C=O) groups is 1. The Morgan fingerprint density at radius 2 is 2.05 bits per heavy atom. The van der Waals surface area contributed by atoms with Crippen LogP contribution < -0.4 is 15.4 Å². The van der Waals surface area contributed by atoms with Gasteiger partial charge in [0.2, 0.25) is 15.9 Å². The first-order valence-corrected chi connectivity index (χ1v) is 9.02. The van der Waals surface area contributed by atoms with Crippen molar-refractivity contribution in [1.82, 2.24) is 15.4 Å². The zero-order chi connectivity index (χ0) is 15.4. The van der Waals surface area contributed by atoms with Crippen molar-refractivity contribution in [2.45, 2.75) is 51.6 Å². The molecule has 0 aliphatic carbocycles. The molecule has 0 radical (unpaired) electrons. The van der Waals surface area contributed by atoms with E-state index in [0.29, 0.717) is 5.92 Å². The first kappa shape index (κ1) is 17.4. The maximum Gasteiger partial charge on any atom is 0.237 e.